The van der Waals surface area contributed by atoms with E-state index in [1.165, 1.54) is 4.90 Å². The number of carboxylic acid groups (broad SMARTS) is 2. The van der Waals surface area contributed by atoms with Crippen molar-refractivity contribution in [1.29, 1.82) is 0 Å². The lowest BCUT2D eigenvalue weighted by Gasteiger charge is -2.32. The van der Waals surface area contributed by atoms with E-state index in [9.17, 15) is 43.5 Å². The van der Waals surface area contributed by atoms with Gasteiger partial charge in [-0.3, -0.25) is 38.4 Å². The molecule has 6 amide bonds. The van der Waals surface area contributed by atoms with E-state index in [1.807, 2.05) is 13.8 Å². The van der Waals surface area contributed by atoms with Crippen LogP contribution in [0.25, 0.3) is 0 Å². The Morgan fingerprint density at radius 3 is 2.00 bits per heavy atom. The molecule has 0 bridgehead atoms. The smallest absolute Gasteiger partial charge is 0.322 e. The number of likely N-dealkylation sites (tertiary alicyclic amines) is 1. The van der Waals surface area contributed by atoms with Crippen LogP contribution in [0.1, 0.15) is 72.6 Å². The Labute approximate surface area is 291 Å². The summed E-state index contributed by atoms with van der Waals surface area (Å²) in [4.78, 5) is 103. The van der Waals surface area contributed by atoms with Crippen molar-refractivity contribution in [2.45, 2.75) is 109 Å². The Morgan fingerprint density at radius 2 is 1.45 bits per heavy atom. The molecule has 2 fully saturated rings. The van der Waals surface area contributed by atoms with Crippen molar-refractivity contribution in [1.82, 2.24) is 36.8 Å². The van der Waals surface area contributed by atoms with Gasteiger partial charge in [-0.2, -0.15) is 12.6 Å². The molecule has 0 radical (unpaired) electrons. The lowest BCUT2D eigenvalue weighted by Crippen LogP contribution is -2.60. The summed E-state index contributed by atoms with van der Waals surface area (Å²) in [5.41, 5.74) is 0. The number of aliphatic carboxylic acids is 2. The number of carbonyl (C=O) groups excluding carboxylic acids is 6. The van der Waals surface area contributed by atoms with Gasteiger partial charge in [-0.05, 0) is 56.9 Å². The van der Waals surface area contributed by atoms with Crippen molar-refractivity contribution in [3.8, 4) is 0 Å². The van der Waals surface area contributed by atoms with Crippen LogP contribution in [-0.4, -0.2) is 124 Å². The number of thiol groups is 1. The molecule has 0 spiro atoms. The number of hydrogen-bond acceptors (Lipinski definition) is 10. The fourth-order valence-corrected chi connectivity index (χ4v) is 5.95. The summed E-state index contributed by atoms with van der Waals surface area (Å²) in [6.07, 6.45) is 1.64. The quantitative estimate of drug-likeness (QED) is 0.0687. The third kappa shape index (κ3) is 13.1. The molecule has 276 valence electrons. The third-order valence-electron chi connectivity index (χ3n) is 8.30. The highest BCUT2D eigenvalue weighted by Gasteiger charge is 2.41. The first-order valence-electron chi connectivity index (χ1n) is 16.6. The molecular weight excluding hydrogens is 662 g/mol. The van der Waals surface area contributed by atoms with Crippen molar-refractivity contribution in [3.05, 3.63) is 0 Å². The third-order valence-corrected chi connectivity index (χ3v) is 8.66. The van der Waals surface area contributed by atoms with Gasteiger partial charge in [0.1, 0.15) is 36.8 Å². The van der Waals surface area contributed by atoms with Gasteiger partial charge in [-0.1, -0.05) is 27.7 Å². The Hall–Kier alpha value is -3.93. The zero-order valence-electron chi connectivity index (χ0n) is 28.5. The first-order chi connectivity index (χ1) is 23.0. The van der Waals surface area contributed by atoms with Crippen molar-refractivity contribution in [2.24, 2.45) is 11.8 Å². The molecule has 0 aromatic carbocycles. The van der Waals surface area contributed by atoms with Crippen molar-refractivity contribution in [2.75, 3.05) is 25.4 Å². The number of amides is 6. The number of carboxylic acids is 2. The summed E-state index contributed by atoms with van der Waals surface area (Å²) in [6.45, 7) is 7.52. The van der Waals surface area contributed by atoms with Gasteiger partial charge in [0.2, 0.25) is 35.4 Å². The minimum Gasteiger partial charge on any atom is -0.481 e. The molecule has 2 aliphatic heterocycles. The number of carbonyl (C=O) groups is 8. The Bertz CT molecular complexity index is 1230. The van der Waals surface area contributed by atoms with E-state index in [2.05, 4.69) is 44.5 Å². The fraction of sp³-hybridized carbons (Fsp3) is 0.742. The van der Waals surface area contributed by atoms with Crippen molar-refractivity contribution in [3.63, 3.8) is 0 Å². The van der Waals surface area contributed by atoms with E-state index < -0.39 is 84.6 Å². The lowest BCUT2D eigenvalue weighted by atomic mass is 10.00. The molecule has 2 rings (SSSR count). The summed E-state index contributed by atoms with van der Waals surface area (Å²) < 4.78 is 0. The molecular formula is C31H51N7O10S. The highest BCUT2D eigenvalue weighted by Crippen LogP contribution is 2.21. The topological polar surface area (TPSA) is 252 Å². The van der Waals surface area contributed by atoms with Crippen LogP contribution in [0.3, 0.4) is 0 Å². The average molecular weight is 714 g/mol. The van der Waals surface area contributed by atoms with E-state index in [0.717, 1.165) is 6.42 Å². The van der Waals surface area contributed by atoms with Gasteiger partial charge < -0.3 is 47.0 Å². The second-order valence-electron chi connectivity index (χ2n) is 13.1. The van der Waals surface area contributed by atoms with Crippen LogP contribution in [0.5, 0.6) is 0 Å². The minimum atomic E-state index is -1.43. The second kappa shape index (κ2) is 19.9. The molecule has 49 heavy (non-hydrogen) atoms. The van der Waals surface area contributed by atoms with Crippen LogP contribution in [0, 0.1) is 11.8 Å². The van der Waals surface area contributed by atoms with Crippen LogP contribution in [-0.2, 0) is 38.4 Å². The summed E-state index contributed by atoms with van der Waals surface area (Å²) >= 11 is 4.03. The zero-order valence-corrected chi connectivity index (χ0v) is 29.3. The van der Waals surface area contributed by atoms with Crippen LogP contribution < -0.4 is 31.9 Å². The van der Waals surface area contributed by atoms with Crippen molar-refractivity contribution < 1.29 is 48.6 Å². The summed E-state index contributed by atoms with van der Waals surface area (Å²) in [7, 11) is 0. The maximum Gasteiger partial charge on any atom is 0.322 e. The second-order valence-corrected chi connectivity index (χ2v) is 13.5. The van der Waals surface area contributed by atoms with Gasteiger partial charge in [0, 0.05) is 18.7 Å². The Morgan fingerprint density at radius 1 is 0.796 bits per heavy atom. The summed E-state index contributed by atoms with van der Waals surface area (Å²) in [5.74, 6) is -6.95. The standard InChI is InChI=1S/C31H51N7O10S/c1-16(2)13-20(29(46)34-19(9-10-23(39)40)28(45)36-21(15-49)26(43)33-14-24(41)42)35-30(47)22-8-6-12-38(22)31(48)25(17(3)4)37-27(44)18-7-5-11-32-18/h16-22,25,32,49H,5-15H2,1-4H3,(H,33,43)(H,34,46)(H,35,47)(H,36,45)(H,37,44)(H,39,40)(H,41,42)/t18-,19-,20-,21-,22-,25-/m0/s1. The fourth-order valence-electron chi connectivity index (χ4n) is 5.69. The maximum absolute atomic E-state index is 13.7. The predicted molar refractivity (Wildman–Crippen MR) is 179 cm³/mol. The van der Waals surface area contributed by atoms with Gasteiger partial charge in [0.25, 0.3) is 0 Å². The number of nitrogens with zero attached hydrogens (tertiary/aromatic N) is 1. The molecule has 0 aromatic rings. The van der Waals surface area contributed by atoms with Crippen molar-refractivity contribution >= 4 is 60.0 Å². The van der Waals surface area contributed by atoms with Gasteiger partial charge in [0.05, 0.1) is 6.04 Å². The highest BCUT2D eigenvalue weighted by atomic mass is 32.1. The van der Waals surface area contributed by atoms with Crippen LogP contribution in [0.4, 0.5) is 0 Å². The minimum absolute atomic E-state index is 0.111. The van der Waals surface area contributed by atoms with Gasteiger partial charge >= 0.3 is 11.9 Å². The first kappa shape index (κ1) is 41.2. The van der Waals surface area contributed by atoms with E-state index in [0.29, 0.717) is 25.8 Å². The van der Waals surface area contributed by atoms with E-state index in [1.54, 1.807) is 13.8 Å². The normalized spacial score (nSPS) is 19.8. The zero-order chi connectivity index (χ0) is 36.8. The number of rotatable bonds is 19. The van der Waals surface area contributed by atoms with Gasteiger partial charge in [-0.15, -0.1) is 0 Å². The molecule has 0 aromatic heterocycles. The molecule has 2 aliphatic rings. The monoisotopic (exact) mass is 713 g/mol. The van der Waals surface area contributed by atoms with E-state index in [-0.39, 0.29) is 48.9 Å². The van der Waals surface area contributed by atoms with Crippen LogP contribution >= 0.6 is 12.6 Å². The predicted octanol–water partition coefficient (Wildman–Crippen LogP) is -1.63. The molecule has 17 nitrogen and oxygen atoms in total. The van der Waals surface area contributed by atoms with Gasteiger partial charge in [0.15, 0.2) is 0 Å². The first-order valence-corrected chi connectivity index (χ1v) is 17.3. The molecule has 0 aliphatic carbocycles. The van der Waals surface area contributed by atoms with Crippen LogP contribution in [0.15, 0.2) is 0 Å². The van der Waals surface area contributed by atoms with Gasteiger partial charge in [-0.25, -0.2) is 0 Å². The molecule has 2 heterocycles. The molecule has 2 saturated heterocycles. The Balaban J connectivity index is 2.19. The summed E-state index contributed by atoms with van der Waals surface area (Å²) in [5, 5.41) is 33.7. The SMILES string of the molecule is CC(C)C[C@H](NC(=O)[C@@H]1CCCN1C(=O)[C@@H](NC(=O)[C@@H]1CCCN1)C(C)C)C(=O)N[C@@H](CCC(=O)O)C(=O)N[C@@H](CS)C(=O)NCC(=O)O. The maximum atomic E-state index is 13.7. The highest BCUT2D eigenvalue weighted by molar-refractivity contribution is 7.80. The lowest BCUT2D eigenvalue weighted by molar-refractivity contribution is -0.143. The largest absolute Gasteiger partial charge is 0.481 e. The van der Waals surface area contributed by atoms with E-state index >= 15 is 0 Å². The number of nitrogens with one attached hydrogen (secondary N) is 6. The molecule has 6 atom stereocenters. The molecule has 0 unspecified atom stereocenters. The molecule has 8 N–H and O–H groups in total. The molecule has 0 saturated carbocycles. The van der Waals surface area contributed by atoms with Crippen LogP contribution in [0.2, 0.25) is 0 Å². The molecule has 18 heteroatoms. The number of hydrogen-bond donors (Lipinski definition) is 9. The average Bonchev–Trinajstić information content (AvgIpc) is 3.75. The Kier molecular flexibility index (Phi) is 16.8. The van der Waals surface area contributed by atoms with E-state index in [4.69, 9.17) is 5.11 Å². The summed E-state index contributed by atoms with van der Waals surface area (Å²) in [6, 6.07) is -6.05.